The van der Waals surface area contributed by atoms with Crippen molar-refractivity contribution in [1.29, 1.82) is 5.26 Å². The van der Waals surface area contributed by atoms with Crippen LogP contribution in [0, 0.1) is 23.2 Å². The van der Waals surface area contributed by atoms with Gasteiger partial charge in [0, 0.05) is 42.1 Å². The molecule has 5 rings (SSSR count). The van der Waals surface area contributed by atoms with Crippen molar-refractivity contribution in [3.05, 3.63) is 64.7 Å². The number of hydrogen-bond acceptors (Lipinski definition) is 5. The second kappa shape index (κ2) is 10.1. The SMILES string of the molecule is N#Cc1ccc2c(c1)[C@@H]1CN(CCC3CCC(NC(=O)c4cccc(C(=O)O)c4)CC3)C[C@H]1CO2. The lowest BCUT2D eigenvalue weighted by atomic mass is 9.84. The molecular weight excluding hydrogens is 442 g/mol. The summed E-state index contributed by atoms with van der Waals surface area (Å²) in [5, 5.41) is 21.5. The standard InChI is InChI=1S/C28H31N3O4/c29-14-19-6-9-26-24(12-19)25-16-31(15-22(25)17-35-26)11-10-18-4-7-23(8-5-18)30-27(32)20-2-1-3-21(13-20)28(33)34/h1-3,6,9,12-13,18,22-23,25H,4-5,7-8,10-11,15-17H2,(H,30,32)(H,33,34)/t18?,22-,23?,25+/m0/s1. The molecule has 0 unspecified atom stereocenters. The Balaban J connectivity index is 1.08. The number of amides is 1. The quantitative estimate of drug-likeness (QED) is 0.656. The van der Waals surface area contributed by atoms with Gasteiger partial charge in [0.1, 0.15) is 5.75 Å². The first-order valence-corrected chi connectivity index (χ1v) is 12.5. The average Bonchev–Trinajstić information content (AvgIpc) is 3.32. The minimum atomic E-state index is -1.03. The first-order valence-electron chi connectivity index (χ1n) is 12.5. The van der Waals surface area contributed by atoms with Crippen LogP contribution in [0.4, 0.5) is 0 Å². The van der Waals surface area contributed by atoms with Gasteiger partial charge >= 0.3 is 5.97 Å². The molecule has 2 aliphatic heterocycles. The minimum absolute atomic E-state index is 0.128. The summed E-state index contributed by atoms with van der Waals surface area (Å²) in [6.45, 7) is 3.89. The molecule has 2 aromatic carbocycles. The number of likely N-dealkylation sites (tertiary alicyclic amines) is 1. The zero-order valence-corrected chi connectivity index (χ0v) is 19.8. The van der Waals surface area contributed by atoms with Crippen molar-refractivity contribution in [3.63, 3.8) is 0 Å². The molecule has 2 fully saturated rings. The molecule has 7 nitrogen and oxygen atoms in total. The number of ether oxygens (including phenoxy) is 1. The predicted molar refractivity (Wildman–Crippen MR) is 131 cm³/mol. The third-order valence-electron chi connectivity index (χ3n) is 7.92. The highest BCUT2D eigenvalue weighted by Gasteiger charge is 2.39. The van der Waals surface area contributed by atoms with E-state index in [0.29, 0.717) is 28.9 Å². The van der Waals surface area contributed by atoms with Gasteiger partial charge in [-0.2, -0.15) is 5.26 Å². The summed E-state index contributed by atoms with van der Waals surface area (Å²) in [5.41, 5.74) is 2.41. The van der Waals surface area contributed by atoms with Crippen LogP contribution in [0.2, 0.25) is 0 Å². The molecule has 2 heterocycles. The Morgan fingerprint density at radius 3 is 2.66 bits per heavy atom. The number of fused-ring (bicyclic) bond motifs is 3. The molecule has 2 N–H and O–H groups in total. The molecule has 1 saturated heterocycles. The van der Waals surface area contributed by atoms with Gasteiger partial charge in [0.15, 0.2) is 0 Å². The van der Waals surface area contributed by atoms with Crippen LogP contribution in [0.25, 0.3) is 0 Å². The molecule has 7 heteroatoms. The maximum atomic E-state index is 12.6. The van der Waals surface area contributed by atoms with Gasteiger partial charge in [-0.3, -0.25) is 4.79 Å². The predicted octanol–water partition coefficient (Wildman–Crippen LogP) is 4.04. The van der Waals surface area contributed by atoms with Crippen molar-refractivity contribution >= 4 is 11.9 Å². The van der Waals surface area contributed by atoms with E-state index in [1.165, 1.54) is 17.7 Å². The van der Waals surface area contributed by atoms with E-state index in [-0.39, 0.29) is 17.5 Å². The second-order valence-corrected chi connectivity index (χ2v) is 10.2. The van der Waals surface area contributed by atoms with E-state index in [4.69, 9.17) is 9.84 Å². The lowest BCUT2D eigenvalue weighted by Gasteiger charge is -2.30. The minimum Gasteiger partial charge on any atom is -0.493 e. The van der Waals surface area contributed by atoms with Gasteiger partial charge in [0.25, 0.3) is 5.91 Å². The maximum Gasteiger partial charge on any atom is 0.335 e. The lowest BCUT2D eigenvalue weighted by Crippen LogP contribution is -2.38. The number of carbonyl (C=O) groups is 2. The summed E-state index contributed by atoms with van der Waals surface area (Å²) < 4.78 is 5.97. The number of nitrogens with one attached hydrogen (secondary N) is 1. The van der Waals surface area contributed by atoms with Crippen molar-refractivity contribution in [2.75, 3.05) is 26.2 Å². The van der Waals surface area contributed by atoms with Crippen LogP contribution in [0.5, 0.6) is 5.75 Å². The lowest BCUT2D eigenvalue weighted by molar-refractivity contribution is 0.0697. The number of carbonyl (C=O) groups excluding carboxylic acids is 1. The largest absolute Gasteiger partial charge is 0.493 e. The highest BCUT2D eigenvalue weighted by Crippen LogP contribution is 2.42. The Morgan fingerprint density at radius 1 is 1.09 bits per heavy atom. The molecule has 1 amide bonds. The molecule has 0 bridgehead atoms. The number of carboxylic acid groups (broad SMARTS) is 1. The van der Waals surface area contributed by atoms with Gasteiger partial charge in [-0.1, -0.05) is 6.07 Å². The third-order valence-corrected chi connectivity index (χ3v) is 7.92. The number of hydrogen-bond donors (Lipinski definition) is 2. The Labute approximate surface area is 205 Å². The monoisotopic (exact) mass is 473 g/mol. The fourth-order valence-corrected chi connectivity index (χ4v) is 5.92. The summed E-state index contributed by atoms with van der Waals surface area (Å²) >= 11 is 0. The Morgan fingerprint density at radius 2 is 1.89 bits per heavy atom. The third kappa shape index (κ3) is 5.18. The number of rotatable bonds is 6. The van der Waals surface area contributed by atoms with Crippen molar-refractivity contribution in [3.8, 4) is 11.8 Å². The van der Waals surface area contributed by atoms with E-state index < -0.39 is 5.97 Å². The van der Waals surface area contributed by atoms with Crippen molar-refractivity contribution in [1.82, 2.24) is 10.2 Å². The summed E-state index contributed by atoms with van der Waals surface area (Å²) in [7, 11) is 0. The summed E-state index contributed by atoms with van der Waals surface area (Å²) in [4.78, 5) is 26.3. The van der Waals surface area contributed by atoms with Gasteiger partial charge in [0.2, 0.25) is 0 Å². The highest BCUT2D eigenvalue weighted by atomic mass is 16.5. The first-order chi connectivity index (χ1) is 17.0. The zero-order chi connectivity index (χ0) is 24.4. The van der Waals surface area contributed by atoms with Crippen molar-refractivity contribution < 1.29 is 19.4 Å². The number of nitrogens with zero attached hydrogens (tertiary/aromatic N) is 2. The van der Waals surface area contributed by atoms with Crippen LogP contribution in [0.1, 0.15) is 69.9 Å². The molecule has 1 saturated carbocycles. The molecule has 2 atom stereocenters. The fourth-order valence-electron chi connectivity index (χ4n) is 5.92. The van der Waals surface area contributed by atoms with E-state index in [1.807, 2.05) is 18.2 Å². The van der Waals surface area contributed by atoms with Crippen LogP contribution >= 0.6 is 0 Å². The summed E-state index contributed by atoms with van der Waals surface area (Å²) in [5.74, 6) is 1.30. The Bertz CT molecular complexity index is 1150. The molecular formula is C28H31N3O4. The molecule has 1 aliphatic carbocycles. The first kappa shape index (κ1) is 23.4. The van der Waals surface area contributed by atoms with Crippen LogP contribution < -0.4 is 10.1 Å². The van der Waals surface area contributed by atoms with Gasteiger partial charge in [-0.25, -0.2) is 4.79 Å². The van der Waals surface area contributed by atoms with Crippen LogP contribution in [0.3, 0.4) is 0 Å². The number of benzene rings is 2. The van der Waals surface area contributed by atoms with E-state index in [9.17, 15) is 14.9 Å². The molecule has 0 radical (unpaired) electrons. The molecule has 182 valence electrons. The molecule has 0 spiro atoms. The van der Waals surface area contributed by atoms with Crippen molar-refractivity contribution in [2.45, 2.75) is 44.1 Å². The number of carboxylic acids is 1. The van der Waals surface area contributed by atoms with Gasteiger partial charge < -0.3 is 20.1 Å². The van der Waals surface area contributed by atoms with Crippen molar-refractivity contribution in [2.24, 2.45) is 11.8 Å². The smallest absolute Gasteiger partial charge is 0.335 e. The average molecular weight is 474 g/mol. The van der Waals surface area contributed by atoms with Gasteiger partial charge in [-0.15, -0.1) is 0 Å². The van der Waals surface area contributed by atoms with E-state index >= 15 is 0 Å². The molecule has 35 heavy (non-hydrogen) atoms. The van der Waals surface area contributed by atoms with E-state index in [1.54, 1.807) is 12.1 Å². The topological polar surface area (TPSA) is 103 Å². The van der Waals surface area contributed by atoms with E-state index in [0.717, 1.165) is 64.1 Å². The molecule has 3 aliphatic rings. The highest BCUT2D eigenvalue weighted by molar-refractivity contribution is 5.97. The maximum absolute atomic E-state index is 12.6. The normalized spacial score (nSPS) is 25.6. The van der Waals surface area contributed by atoms with Crippen LogP contribution in [-0.4, -0.2) is 54.2 Å². The second-order valence-electron chi connectivity index (χ2n) is 10.2. The zero-order valence-electron chi connectivity index (χ0n) is 19.8. The summed E-state index contributed by atoms with van der Waals surface area (Å²) in [6.07, 6.45) is 5.26. The molecule has 0 aromatic heterocycles. The Kier molecular flexibility index (Phi) is 6.74. The van der Waals surface area contributed by atoms with Gasteiger partial charge in [0.05, 0.1) is 23.8 Å². The number of nitriles is 1. The van der Waals surface area contributed by atoms with E-state index in [2.05, 4.69) is 16.3 Å². The fraction of sp³-hybridized carbons (Fsp3) is 0.464. The number of aromatic carboxylic acids is 1. The summed E-state index contributed by atoms with van der Waals surface area (Å²) in [6, 6.07) is 14.4. The van der Waals surface area contributed by atoms with Crippen LogP contribution in [-0.2, 0) is 0 Å². The van der Waals surface area contributed by atoms with Crippen LogP contribution in [0.15, 0.2) is 42.5 Å². The van der Waals surface area contributed by atoms with Gasteiger partial charge in [-0.05, 0) is 81.0 Å². The Hall–Kier alpha value is -3.37. The molecule has 2 aromatic rings.